The van der Waals surface area contributed by atoms with E-state index in [4.69, 9.17) is 0 Å². The van der Waals surface area contributed by atoms with Crippen molar-refractivity contribution in [2.45, 2.75) is 25.3 Å². The Bertz CT molecular complexity index is 491. The van der Waals surface area contributed by atoms with Crippen LogP contribution in [0.25, 0.3) is 0 Å². The van der Waals surface area contributed by atoms with E-state index in [9.17, 15) is 4.79 Å². The minimum atomic E-state index is 0.248. The number of rotatable bonds is 4. The average Bonchev–Trinajstić information content (AvgIpc) is 3.26. The maximum absolute atomic E-state index is 12.2. The van der Waals surface area contributed by atoms with E-state index in [1.165, 1.54) is 11.1 Å². The molecule has 114 valence electrons. The van der Waals surface area contributed by atoms with Crippen molar-refractivity contribution >= 4 is 5.91 Å². The van der Waals surface area contributed by atoms with Crippen molar-refractivity contribution in [1.29, 1.82) is 0 Å². The number of aryl methyl sites for hydroxylation is 1. The maximum Gasteiger partial charge on any atom is 0.236 e. The Balaban J connectivity index is 1.42. The first-order valence-electron chi connectivity index (χ1n) is 7.90. The molecule has 0 radical (unpaired) electrons. The molecule has 0 unspecified atom stereocenters. The Morgan fingerprint density at radius 3 is 2.52 bits per heavy atom. The van der Waals surface area contributed by atoms with E-state index in [1.54, 1.807) is 0 Å². The number of benzene rings is 1. The smallest absolute Gasteiger partial charge is 0.236 e. The molecule has 1 aliphatic carbocycles. The first-order valence-corrected chi connectivity index (χ1v) is 7.90. The highest BCUT2D eigenvalue weighted by atomic mass is 16.2. The van der Waals surface area contributed by atoms with Gasteiger partial charge in [-0.15, -0.1) is 0 Å². The normalized spacial score (nSPS) is 25.9. The largest absolute Gasteiger partial charge is 0.339 e. The molecule has 1 heterocycles. The van der Waals surface area contributed by atoms with Crippen LogP contribution in [-0.2, 0) is 4.79 Å². The fraction of sp³-hybridized carbons (Fsp3) is 0.588. The summed E-state index contributed by atoms with van der Waals surface area (Å²) in [5, 5.41) is 3.42. The number of piperazine rings is 1. The van der Waals surface area contributed by atoms with Gasteiger partial charge in [-0.2, -0.15) is 0 Å². The number of likely N-dealkylation sites (N-methyl/N-ethyl adjacent to an activating group) is 1. The number of nitrogens with one attached hydrogen (secondary N) is 1. The van der Waals surface area contributed by atoms with Crippen LogP contribution in [-0.4, -0.2) is 61.5 Å². The molecule has 1 aromatic rings. The van der Waals surface area contributed by atoms with Crippen LogP contribution >= 0.6 is 0 Å². The molecule has 4 heteroatoms. The van der Waals surface area contributed by atoms with Crippen LogP contribution in [0.15, 0.2) is 24.3 Å². The van der Waals surface area contributed by atoms with E-state index in [1.807, 2.05) is 4.90 Å². The number of carbonyl (C=O) groups is 1. The highest BCUT2D eigenvalue weighted by Gasteiger charge is 2.38. The van der Waals surface area contributed by atoms with E-state index < -0.39 is 0 Å². The number of carbonyl (C=O) groups excluding carboxylic acids is 1. The summed E-state index contributed by atoms with van der Waals surface area (Å²) in [5.41, 5.74) is 2.69. The lowest BCUT2D eigenvalue weighted by molar-refractivity contribution is -0.131. The Hall–Kier alpha value is -1.39. The first-order chi connectivity index (χ1) is 10.1. The van der Waals surface area contributed by atoms with Gasteiger partial charge in [-0.05, 0) is 26.0 Å². The van der Waals surface area contributed by atoms with Crippen molar-refractivity contribution < 1.29 is 4.79 Å². The van der Waals surface area contributed by atoms with Gasteiger partial charge in [0.05, 0.1) is 6.54 Å². The topological polar surface area (TPSA) is 35.6 Å². The van der Waals surface area contributed by atoms with E-state index in [0.717, 1.165) is 32.6 Å². The van der Waals surface area contributed by atoms with Crippen LogP contribution in [0.3, 0.4) is 0 Å². The zero-order valence-electron chi connectivity index (χ0n) is 13.0. The lowest BCUT2D eigenvalue weighted by Gasteiger charge is -2.32. The fourth-order valence-corrected chi connectivity index (χ4v) is 2.99. The Morgan fingerprint density at radius 1 is 1.19 bits per heavy atom. The second-order valence-electron chi connectivity index (χ2n) is 6.42. The van der Waals surface area contributed by atoms with Gasteiger partial charge in [0.15, 0.2) is 0 Å². The van der Waals surface area contributed by atoms with Gasteiger partial charge in [0.2, 0.25) is 5.91 Å². The molecule has 21 heavy (non-hydrogen) atoms. The summed E-state index contributed by atoms with van der Waals surface area (Å²) >= 11 is 0. The summed E-state index contributed by atoms with van der Waals surface area (Å²) < 4.78 is 0. The molecule has 3 rings (SSSR count). The van der Waals surface area contributed by atoms with Crippen LogP contribution in [0, 0.1) is 6.92 Å². The number of amides is 1. The van der Waals surface area contributed by atoms with Crippen LogP contribution in [0.2, 0.25) is 0 Å². The van der Waals surface area contributed by atoms with Crippen molar-refractivity contribution in [2.75, 3.05) is 39.8 Å². The van der Waals surface area contributed by atoms with Gasteiger partial charge in [-0.25, -0.2) is 0 Å². The molecule has 2 fully saturated rings. The second kappa shape index (κ2) is 6.16. The highest BCUT2D eigenvalue weighted by Crippen LogP contribution is 2.40. The van der Waals surface area contributed by atoms with Gasteiger partial charge in [-0.1, -0.05) is 29.8 Å². The maximum atomic E-state index is 12.2. The predicted molar refractivity (Wildman–Crippen MR) is 84.4 cm³/mol. The van der Waals surface area contributed by atoms with E-state index >= 15 is 0 Å². The van der Waals surface area contributed by atoms with Gasteiger partial charge in [0, 0.05) is 38.1 Å². The molecule has 2 aliphatic rings. The fourth-order valence-electron chi connectivity index (χ4n) is 2.99. The van der Waals surface area contributed by atoms with Crippen molar-refractivity contribution in [2.24, 2.45) is 0 Å². The molecule has 1 saturated heterocycles. The third-order valence-corrected chi connectivity index (χ3v) is 4.67. The minimum Gasteiger partial charge on any atom is -0.339 e. The van der Waals surface area contributed by atoms with Crippen LogP contribution in [0.5, 0.6) is 0 Å². The summed E-state index contributed by atoms with van der Waals surface area (Å²) in [6.45, 7) is 6.30. The summed E-state index contributed by atoms with van der Waals surface area (Å²) in [4.78, 5) is 16.4. The van der Waals surface area contributed by atoms with E-state index in [-0.39, 0.29) is 5.91 Å². The molecule has 0 bridgehead atoms. The first kappa shape index (κ1) is 14.5. The molecule has 1 saturated carbocycles. The molecule has 0 spiro atoms. The summed E-state index contributed by atoms with van der Waals surface area (Å²) in [5.74, 6) is 0.837. The van der Waals surface area contributed by atoms with Crippen molar-refractivity contribution in [1.82, 2.24) is 15.1 Å². The molecule has 1 amide bonds. The van der Waals surface area contributed by atoms with Gasteiger partial charge < -0.3 is 15.1 Å². The molecular formula is C17H25N3O. The molecule has 4 nitrogen and oxygen atoms in total. The average molecular weight is 287 g/mol. The summed E-state index contributed by atoms with van der Waals surface area (Å²) in [6, 6.07) is 9.23. The molecular weight excluding hydrogens is 262 g/mol. The number of hydrogen-bond acceptors (Lipinski definition) is 3. The quantitative estimate of drug-likeness (QED) is 0.904. The minimum absolute atomic E-state index is 0.248. The lowest BCUT2D eigenvalue weighted by Crippen LogP contribution is -2.49. The number of nitrogens with zero attached hydrogens (tertiary/aromatic N) is 2. The number of hydrogen-bond donors (Lipinski definition) is 1. The zero-order chi connectivity index (χ0) is 14.8. The van der Waals surface area contributed by atoms with Gasteiger partial charge >= 0.3 is 0 Å². The van der Waals surface area contributed by atoms with Crippen molar-refractivity contribution in [3.05, 3.63) is 35.4 Å². The van der Waals surface area contributed by atoms with E-state index in [2.05, 4.69) is 48.5 Å². The monoisotopic (exact) mass is 287 g/mol. The lowest BCUT2D eigenvalue weighted by atomic mass is 10.1. The second-order valence-corrected chi connectivity index (χ2v) is 6.42. The van der Waals surface area contributed by atoms with Crippen LogP contribution in [0.4, 0.5) is 0 Å². The van der Waals surface area contributed by atoms with Gasteiger partial charge in [-0.3, -0.25) is 4.79 Å². The predicted octanol–water partition coefficient (Wildman–Crippen LogP) is 1.21. The van der Waals surface area contributed by atoms with Crippen molar-refractivity contribution in [3.63, 3.8) is 0 Å². The van der Waals surface area contributed by atoms with Gasteiger partial charge in [0.1, 0.15) is 0 Å². The molecule has 1 N–H and O–H groups in total. The molecule has 1 aliphatic heterocycles. The van der Waals surface area contributed by atoms with Crippen LogP contribution < -0.4 is 5.32 Å². The van der Waals surface area contributed by atoms with E-state index in [0.29, 0.717) is 18.5 Å². The van der Waals surface area contributed by atoms with Crippen molar-refractivity contribution in [3.8, 4) is 0 Å². The standard InChI is InChI=1S/C17H25N3O/c1-13-3-5-14(6-4-13)15-11-16(15)18-12-17(21)20-9-7-19(2)8-10-20/h3-6,15-16,18H,7-12H2,1-2H3/t15-,16+/m0/s1. The highest BCUT2D eigenvalue weighted by molar-refractivity contribution is 5.78. The summed E-state index contributed by atoms with van der Waals surface area (Å²) in [7, 11) is 2.11. The molecule has 0 aromatic heterocycles. The third-order valence-electron chi connectivity index (χ3n) is 4.67. The molecule has 1 aromatic carbocycles. The Morgan fingerprint density at radius 2 is 1.86 bits per heavy atom. The zero-order valence-corrected chi connectivity index (χ0v) is 13.0. The SMILES string of the molecule is Cc1ccc([C@@H]2C[C@H]2NCC(=O)N2CCN(C)CC2)cc1. The Kier molecular flexibility index (Phi) is 4.27. The van der Waals surface area contributed by atoms with Gasteiger partial charge in [0.25, 0.3) is 0 Å². The molecule has 2 atom stereocenters. The van der Waals surface area contributed by atoms with Crippen LogP contribution in [0.1, 0.15) is 23.5 Å². The Labute approximate surface area is 127 Å². The third kappa shape index (κ3) is 3.63. The summed E-state index contributed by atoms with van der Waals surface area (Å²) in [6.07, 6.45) is 1.15.